The Bertz CT molecular complexity index is 351. The topological polar surface area (TPSA) is 6.48 Å². The third-order valence-corrected chi connectivity index (χ3v) is 4.45. The minimum atomic E-state index is 0.296. The average Bonchev–Trinajstić information content (AvgIpc) is 2.79. The fourth-order valence-corrected chi connectivity index (χ4v) is 3.06. The Labute approximate surface area is 126 Å². The van der Waals surface area contributed by atoms with Gasteiger partial charge in [-0.2, -0.15) is 0 Å². The number of hydrogen-bond acceptors (Lipinski definition) is 2. The molecule has 0 spiro atoms. The van der Waals surface area contributed by atoms with Crippen molar-refractivity contribution in [2.45, 2.75) is 59.9 Å². The van der Waals surface area contributed by atoms with Crippen LogP contribution in [-0.2, 0) is 0 Å². The highest BCUT2D eigenvalue weighted by molar-refractivity contribution is 5.15. The van der Waals surface area contributed by atoms with Crippen molar-refractivity contribution in [3.8, 4) is 0 Å². The van der Waals surface area contributed by atoms with Crippen LogP contribution in [0, 0.1) is 11.3 Å². The molecule has 1 fully saturated rings. The number of likely N-dealkylation sites (N-methyl/N-ethyl adjacent to an activating group) is 1. The lowest BCUT2D eigenvalue weighted by Crippen LogP contribution is -2.36. The summed E-state index contributed by atoms with van der Waals surface area (Å²) >= 11 is 0. The molecule has 1 saturated heterocycles. The van der Waals surface area contributed by atoms with Crippen LogP contribution in [0.2, 0.25) is 0 Å². The van der Waals surface area contributed by atoms with E-state index in [0.29, 0.717) is 11.5 Å². The monoisotopic (exact) mass is 278 g/mol. The maximum absolute atomic E-state index is 4.37. The van der Waals surface area contributed by atoms with E-state index in [0.717, 1.165) is 25.4 Å². The molecule has 20 heavy (non-hydrogen) atoms. The molecule has 0 aliphatic carbocycles. The second-order valence-electron chi connectivity index (χ2n) is 7.49. The third kappa shape index (κ3) is 4.29. The summed E-state index contributed by atoms with van der Waals surface area (Å²) in [5.41, 5.74) is 2.83. The van der Waals surface area contributed by atoms with Gasteiger partial charge in [-0.25, -0.2) is 0 Å². The highest BCUT2D eigenvalue weighted by Crippen LogP contribution is 2.36. The van der Waals surface area contributed by atoms with Gasteiger partial charge in [-0.1, -0.05) is 47.3 Å². The van der Waals surface area contributed by atoms with E-state index < -0.39 is 0 Å². The smallest absolute Gasteiger partial charge is 0.0684 e. The van der Waals surface area contributed by atoms with E-state index in [-0.39, 0.29) is 0 Å². The van der Waals surface area contributed by atoms with E-state index in [1.54, 1.807) is 0 Å². The molecule has 1 aliphatic heterocycles. The number of nitrogens with zero attached hydrogens (tertiary/aromatic N) is 2. The van der Waals surface area contributed by atoms with Gasteiger partial charge >= 0.3 is 0 Å². The van der Waals surface area contributed by atoms with Gasteiger partial charge in [-0.3, -0.25) is 0 Å². The largest absolute Gasteiger partial charge is 0.377 e. The number of allylic oxidation sites excluding steroid dienone is 1. The van der Waals surface area contributed by atoms with Crippen molar-refractivity contribution in [2.75, 3.05) is 20.1 Å². The summed E-state index contributed by atoms with van der Waals surface area (Å²) in [6.45, 7) is 22.2. The Morgan fingerprint density at radius 2 is 1.85 bits per heavy atom. The fourth-order valence-electron chi connectivity index (χ4n) is 3.06. The SMILES string of the molecule is C=C([C@@H]1C[C@@H](CC)CN1C(=C)CC(C)(C)C)N(C)CC. The summed E-state index contributed by atoms with van der Waals surface area (Å²) < 4.78 is 0. The van der Waals surface area contributed by atoms with E-state index in [4.69, 9.17) is 0 Å². The van der Waals surface area contributed by atoms with Crippen LogP contribution in [0.3, 0.4) is 0 Å². The summed E-state index contributed by atoms with van der Waals surface area (Å²) in [5, 5.41) is 0. The van der Waals surface area contributed by atoms with Gasteiger partial charge in [0.15, 0.2) is 0 Å². The molecule has 0 aromatic rings. The minimum absolute atomic E-state index is 0.296. The highest BCUT2D eigenvalue weighted by atomic mass is 15.2. The first kappa shape index (κ1) is 17.1. The lowest BCUT2D eigenvalue weighted by molar-refractivity contribution is 0.260. The molecule has 0 aromatic heterocycles. The molecule has 2 nitrogen and oxygen atoms in total. The van der Waals surface area contributed by atoms with E-state index in [9.17, 15) is 0 Å². The second-order valence-corrected chi connectivity index (χ2v) is 7.49. The molecule has 0 amide bonds. The maximum atomic E-state index is 4.37. The van der Waals surface area contributed by atoms with Crippen LogP contribution >= 0.6 is 0 Å². The molecular weight excluding hydrogens is 244 g/mol. The van der Waals surface area contributed by atoms with Crippen molar-refractivity contribution in [2.24, 2.45) is 11.3 Å². The van der Waals surface area contributed by atoms with E-state index in [2.05, 4.69) is 64.6 Å². The highest BCUT2D eigenvalue weighted by Gasteiger charge is 2.35. The Balaban J connectivity index is 2.84. The van der Waals surface area contributed by atoms with Crippen molar-refractivity contribution in [1.82, 2.24) is 9.80 Å². The normalized spacial score (nSPS) is 23.0. The second kappa shape index (κ2) is 6.69. The van der Waals surface area contributed by atoms with Crippen LogP contribution < -0.4 is 0 Å². The van der Waals surface area contributed by atoms with Gasteiger partial charge < -0.3 is 9.80 Å². The number of rotatable bonds is 6. The van der Waals surface area contributed by atoms with Gasteiger partial charge in [0.25, 0.3) is 0 Å². The molecule has 0 aromatic carbocycles. The van der Waals surface area contributed by atoms with E-state index in [1.165, 1.54) is 24.2 Å². The molecule has 116 valence electrons. The standard InChI is InChI=1S/C18H34N2/c1-9-16-11-17(15(4)19(8)10-2)20(13-16)14(3)12-18(5,6)7/h16-17H,3-4,9-13H2,1-2,5-8H3/t16-,17+/m1/s1. The predicted octanol–water partition coefficient (Wildman–Crippen LogP) is 4.50. The lowest BCUT2D eigenvalue weighted by Gasteiger charge is -2.36. The van der Waals surface area contributed by atoms with Gasteiger partial charge in [-0.15, -0.1) is 0 Å². The summed E-state index contributed by atoms with van der Waals surface area (Å²) in [5.74, 6) is 0.777. The zero-order valence-corrected chi connectivity index (χ0v) is 14.5. The first-order valence-corrected chi connectivity index (χ1v) is 8.04. The van der Waals surface area contributed by atoms with Gasteiger partial charge in [0.05, 0.1) is 6.04 Å². The Hall–Kier alpha value is -0.920. The molecule has 0 unspecified atom stereocenters. The Morgan fingerprint density at radius 1 is 1.25 bits per heavy atom. The molecular formula is C18H34N2. The molecule has 0 N–H and O–H groups in total. The predicted molar refractivity (Wildman–Crippen MR) is 89.5 cm³/mol. The molecule has 1 rings (SSSR count). The van der Waals surface area contributed by atoms with Crippen LogP contribution in [0.1, 0.15) is 53.9 Å². The van der Waals surface area contributed by atoms with Crippen molar-refractivity contribution in [1.29, 1.82) is 0 Å². The van der Waals surface area contributed by atoms with Gasteiger partial charge in [0.2, 0.25) is 0 Å². The Kier molecular flexibility index (Phi) is 5.73. The summed E-state index contributed by atoms with van der Waals surface area (Å²) in [6.07, 6.45) is 3.53. The van der Waals surface area contributed by atoms with Gasteiger partial charge in [0, 0.05) is 31.5 Å². The van der Waals surface area contributed by atoms with Crippen LogP contribution in [0.4, 0.5) is 0 Å². The lowest BCUT2D eigenvalue weighted by atomic mass is 9.90. The molecule has 0 saturated carbocycles. The third-order valence-electron chi connectivity index (χ3n) is 4.45. The molecule has 2 atom stereocenters. The van der Waals surface area contributed by atoms with Crippen LogP contribution in [0.25, 0.3) is 0 Å². The first-order valence-electron chi connectivity index (χ1n) is 8.04. The van der Waals surface area contributed by atoms with E-state index >= 15 is 0 Å². The average molecular weight is 278 g/mol. The molecule has 1 heterocycles. The summed E-state index contributed by atoms with van der Waals surface area (Å²) in [6, 6.07) is 0.444. The quantitative estimate of drug-likeness (QED) is 0.705. The maximum Gasteiger partial charge on any atom is 0.0684 e. The molecule has 1 aliphatic rings. The summed E-state index contributed by atoms with van der Waals surface area (Å²) in [7, 11) is 2.15. The van der Waals surface area contributed by atoms with Crippen LogP contribution in [0.5, 0.6) is 0 Å². The van der Waals surface area contributed by atoms with Gasteiger partial charge in [-0.05, 0) is 31.1 Å². The molecule has 0 bridgehead atoms. The van der Waals surface area contributed by atoms with Crippen molar-refractivity contribution < 1.29 is 0 Å². The van der Waals surface area contributed by atoms with Gasteiger partial charge in [0.1, 0.15) is 0 Å². The fraction of sp³-hybridized carbons (Fsp3) is 0.778. The van der Waals surface area contributed by atoms with Crippen LogP contribution in [-0.4, -0.2) is 36.0 Å². The molecule has 0 radical (unpaired) electrons. The van der Waals surface area contributed by atoms with E-state index in [1.807, 2.05) is 0 Å². The molecule has 2 heteroatoms. The number of hydrogen-bond donors (Lipinski definition) is 0. The first-order chi connectivity index (χ1) is 9.19. The van der Waals surface area contributed by atoms with Crippen LogP contribution in [0.15, 0.2) is 24.6 Å². The zero-order chi connectivity index (χ0) is 15.5. The van der Waals surface area contributed by atoms with Crippen molar-refractivity contribution in [3.05, 3.63) is 24.6 Å². The van der Waals surface area contributed by atoms with Crippen molar-refractivity contribution in [3.63, 3.8) is 0 Å². The zero-order valence-electron chi connectivity index (χ0n) is 14.5. The number of likely N-dealkylation sites (tertiary alicyclic amines) is 1. The summed E-state index contributed by atoms with van der Waals surface area (Å²) in [4.78, 5) is 4.80. The minimum Gasteiger partial charge on any atom is -0.377 e. The van der Waals surface area contributed by atoms with Crippen molar-refractivity contribution >= 4 is 0 Å². The Morgan fingerprint density at radius 3 is 2.30 bits per heavy atom.